The number of nitrogens with one attached hydrogen (secondary N) is 1. The fourth-order valence-corrected chi connectivity index (χ4v) is 2.81. The van der Waals surface area contributed by atoms with Gasteiger partial charge in [-0.25, -0.2) is 8.42 Å². The minimum absolute atomic E-state index is 0.0536. The third-order valence-electron chi connectivity index (χ3n) is 2.89. The maximum atomic E-state index is 11.8. The summed E-state index contributed by atoms with van der Waals surface area (Å²) in [7, 11) is -3.22. The van der Waals surface area contributed by atoms with Crippen LogP contribution in [-0.2, 0) is 9.84 Å². The number of rotatable bonds is 3. The summed E-state index contributed by atoms with van der Waals surface area (Å²) in [5, 5.41) is 12.9. The van der Waals surface area contributed by atoms with Gasteiger partial charge in [0.2, 0.25) is 0 Å². The lowest BCUT2D eigenvalue weighted by molar-refractivity contribution is 0.156. The smallest absolute Gasteiger partial charge is 0.157 e. The molecule has 1 fully saturated rings. The van der Waals surface area contributed by atoms with E-state index in [0.717, 1.165) is 19.4 Å². The molecule has 4 nitrogen and oxygen atoms in total. The highest BCUT2D eigenvalue weighted by Crippen LogP contribution is 2.19. The SMILES string of the molecule is CC(C)(C)S(=O)(=O)C[C@H](O)[C@H]1CCCN1. The largest absolute Gasteiger partial charge is 0.390 e. The Hall–Kier alpha value is -0.130. The Bertz CT molecular complexity index is 299. The van der Waals surface area contributed by atoms with Gasteiger partial charge in [0.05, 0.1) is 16.6 Å². The van der Waals surface area contributed by atoms with E-state index in [1.165, 1.54) is 0 Å². The van der Waals surface area contributed by atoms with Crippen molar-refractivity contribution < 1.29 is 13.5 Å². The summed E-state index contributed by atoms with van der Waals surface area (Å²) in [5.41, 5.74) is 0. The van der Waals surface area contributed by atoms with Crippen LogP contribution in [0.15, 0.2) is 0 Å². The molecule has 90 valence electrons. The summed E-state index contributed by atoms with van der Waals surface area (Å²) < 4.78 is 22.9. The van der Waals surface area contributed by atoms with Crippen LogP contribution in [0.4, 0.5) is 0 Å². The molecule has 1 rings (SSSR count). The Labute approximate surface area is 92.0 Å². The maximum absolute atomic E-state index is 11.8. The van der Waals surface area contributed by atoms with Gasteiger partial charge in [0.25, 0.3) is 0 Å². The molecule has 0 unspecified atom stereocenters. The molecule has 1 aliphatic heterocycles. The summed E-state index contributed by atoms with van der Waals surface area (Å²) >= 11 is 0. The van der Waals surface area contributed by atoms with Crippen molar-refractivity contribution in [1.82, 2.24) is 5.32 Å². The Morgan fingerprint density at radius 3 is 2.47 bits per heavy atom. The van der Waals surface area contributed by atoms with E-state index in [1.54, 1.807) is 20.8 Å². The molecule has 0 amide bonds. The average Bonchev–Trinajstić information content (AvgIpc) is 2.51. The van der Waals surface area contributed by atoms with E-state index in [-0.39, 0.29) is 11.8 Å². The maximum Gasteiger partial charge on any atom is 0.157 e. The first-order chi connectivity index (χ1) is 6.74. The van der Waals surface area contributed by atoms with Crippen molar-refractivity contribution in [2.45, 2.75) is 50.5 Å². The van der Waals surface area contributed by atoms with Crippen molar-refractivity contribution in [2.24, 2.45) is 0 Å². The highest BCUT2D eigenvalue weighted by Gasteiger charge is 2.34. The van der Waals surface area contributed by atoms with Crippen LogP contribution in [0.2, 0.25) is 0 Å². The third-order valence-corrected chi connectivity index (χ3v) is 5.53. The molecule has 5 heteroatoms. The van der Waals surface area contributed by atoms with Crippen LogP contribution >= 0.6 is 0 Å². The van der Waals surface area contributed by atoms with E-state index >= 15 is 0 Å². The zero-order valence-electron chi connectivity index (χ0n) is 9.66. The number of hydrogen-bond acceptors (Lipinski definition) is 4. The number of aliphatic hydroxyl groups excluding tert-OH is 1. The van der Waals surface area contributed by atoms with Gasteiger partial charge < -0.3 is 10.4 Å². The number of sulfone groups is 1. The van der Waals surface area contributed by atoms with E-state index in [9.17, 15) is 13.5 Å². The second kappa shape index (κ2) is 4.39. The molecule has 1 saturated heterocycles. The van der Waals surface area contributed by atoms with Crippen molar-refractivity contribution in [1.29, 1.82) is 0 Å². The molecule has 0 aliphatic carbocycles. The second-order valence-corrected chi connectivity index (χ2v) is 7.95. The third kappa shape index (κ3) is 3.16. The molecule has 0 saturated carbocycles. The van der Waals surface area contributed by atoms with E-state index in [0.29, 0.717) is 0 Å². The Morgan fingerprint density at radius 1 is 1.47 bits per heavy atom. The summed E-state index contributed by atoms with van der Waals surface area (Å²) in [6.45, 7) is 5.86. The molecule has 0 bridgehead atoms. The van der Waals surface area contributed by atoms with Gasteiger partial charge in [-0.2, -0.15) is 0 Å². The summed E-state index contributed by atoms with van der Waals surface area (Å²) in [6.07, 6.45) is 1.09. The summed E-state index contributed by atoms with van der Waals surface area (Å²) in [4.78, 5) is 0. The van der Waals surface area contributed by atoms with E-state index < -0.39 is 20.7 Å². The Balaban J connectivity index is 2.61. The Kier molecular flexibility index (Phi) is 3.79. The molecule has 0 aromatic heterocycles. The second-order valence-electron chi connectivity index (χ2n) is 5.16. The lowest BCUT2D eigenvalue weighted by Gasteiger charge is -2.24. The van der Waals surface area contributed by atoms with Gasteiger partial charge in [-0.3, -0.25) is 0 Å². The van der Waals surface area contributed by atoms with Gasteiger partial charge >= 0.3 is 0 Å². The van der Waals surface area contributed by atoms with Gasteiger partial charge in [-0.1, -0.05) is 0 Å². The Morgan fingerprint density at radius 2 is 2.07 bits per heavy atom. The molecule has 15 heavy (non-hydrogen) atoms. The van der Waals surface area contributed by atoms with E-state index in [1.807, 2.05) is 0 Å². The molecule has 0 aromatic carbocycles. The van der Waals surface area contributed by atoms with Crippen molar-refractivity contribution in [2.75, 3.05) is 12.3 Å². The fraction of sp³-hybridized carbons (Fsp3) is 1.00. The van der Waals surface area contributed by atoms with Gasteiger partial charge in [0.1, 0.15) is 0 Å². The lowest BCUT2D eigenvalue weighted by Crippen LogP contribution is -2.43. The van der Waals surface area contributed by atoms with Crippen molar-refractivity contribution in [3.05, 3.63) is 0 Å². The van der Waals surface area contributed by atoms with Crippen LogP contribution in [0, 0.1) is 0 Å². The first-order valence-corrected chi connectivity index (χ1v) is 7.03. The zero-order valence-corrected chi connectivity index (χ0v) is 10.5. The van der Waals surface area contributed by atoms with Crippen LogP contribution in [0.5, 0.6) is 0 Å². The predicted molar refractivity (Wildman–Crippen MR) is 60.6 cm³/mol. The van der Waals surface area contributed by atoms with Crippen LogP contribution in [0.3, 0.4) is 0 Å². The van der Waals surface area contributed by atoms with E-state index in [2.05, 4.69) is 5.32 Å². The molecule has 2 N–H and O–H groups in total. The van der Waals surface area contributed by atoms with Crippen LogP contribution in [-0.4, -0.2) is 42.7 Å². The number of aliphatic hydroxyl groups is 1. The lowest BCUT2D eigenvalue weighted by atomic mass is 10.1. The summed E-state index contributed by atoms with van der Waals surface area (Å²) in [5.74, 6) is -0.145. The summed E-state index contributed by atoms with van der Waals surface area (Å²) in [6, 6.07) is -0.0536. The molecular weight excluding hydrogens is 214 g/mol. The molecular formula is C10H21NO3S. The molecule has 1 heterocycles. The molecule has 0 spiro atoms. The molecule has 1 aliphatic rings. The molecule has 0 aromatic rings. The highest BCUT2D eigenvalue weighted by atomic mass is 32.2. The van der Waals surface area contributed by atoms with Gasteiger partial charge in [-0.05, 0) is 40.2 Å². The standard InChI is InChI=1S/C10H21NO3S/c1-10(2,3)15(13,14)7-9(12)8-5-4-6-11-8/h8-9,11-12H,4-7H2,1-3H3/t8-,9+/m1/s1. The van der Waals surface area contributed by atoms with Gasteiger partial charge in [-0.15, -0.1) is 0 Å². The normalized spacial score (nSPS) is 25.5. The predicted octanol–water partition coefficient (Wildman–Crippen LogP) is 0.313. The zero-order chi connectivity index (χ0) is 11.7. The number of hydrogen-bond donors (Lipinski definition) is 2. The first-order valence-electron chi connectivity index (χ1n) is 5.38. The van der Waals surface area contributed by atoms with Gasteiger partial charge in [0.15, 0.2) is 9.84 Å². The topological polar surface area (TPSA) is 66.4 Å². The highest BCUT2D eigenvalue weighted by molar-refractivity contribution is 7.92. The minimum atomic E-state index is -3.22. The van der Waals surface area contributed by atoms with Crippen LogP contribution in [0.25, 0.3) is 0 Å². The van der Waals surface area contributed by atoms with Crippen LogP contribution < -0.4 is 5.32 Å². The van der Waals surface area contributed by atoms with Crippen molar-refractivity contribution >= 4 is 9.84 Å². The average molecular weight is 235 g/mol. The quantitative estimate of drug-likeness (QED) is 0.739. The van der Waals surface area contributed by atoms with E-state index in [4.69, 9.17) is 0 Å². The van der Waals surface area contributed by atoms with Crippen molar-refractivity contribution in [3.63, 3.8) is 0 Å². The minimum Gasteiger partial charge on any atom is -0.390 e. The molecule has 2 atom stereocenters. The van der Waals surface area contributed by atoms with Crippen molar-refractivity contribution in [3.8, 4) is 0 Å². The fourth-order valence-electron chi connectivity index (χ4n) is 1.63. The first kappa shape index (κ1) is 12.9. The van der Waals surface area contributed by atoms with Gasteiger partial charge in [0, 0.05) is 6.04 Å². The van der Waals surface area contributed by atoms with Crippen LogP contribution in [0.1, 0.15) is 33.6 Å². The molecule has 0 radical (unpaired) electrons. The monoisotopic (exact) mass is 235 g/mol.